The Morgan fingerprint density at radius 2 is 2.04 bits per heavy atom. The predicted molar refractivity (Wildman–Crippen MR) is 106 cm³/mol. The topological polar surface area (TPSA) is 46.6 Å². The minimum absolute atomic E-state index is 0.0767. The molecule has 0 bridgehead atoms. The smallest absolute Gasteiger partial charge is 0.302 e. The van der Waals surface area contributed by atoms with Crippen LogP contribution in [0.3, 0.4) is 0 Å². The van der Waals surface area contributed by atoms with Gasteiger partial charge in [-0.2, -0.15) is 0 Å². The van der Waals surface area contributed by atoms with Crippen LogP contribution in [0.5, 0.6) is 0 Å². The molecule has 6 heteroatoms. The number of aryl methyl sites for hydroxylation is 1. The Balaban J connectivity index is 1.70. The minimum atomic E-state index is -0.329. The number of anilines is 1. The summed E-state index contributed by atoms with van der Waals surface area (Å²) in [5.41, 5.74) is 4.38. The molecule has 26 heavy (non-hydrogen) atoms. The summed E-state index contributed by atoms with van der Waals surface area (Å²) < 4.78 is 6.05. The van der Waals surface area contributed by atoms with Crippen LogP contribution < -0.4 is 4.90 Å². The van der Waals surface area contributed by atoms with Crippen molar-refractivity contribution >= 4 is 44.8 Å². The number of hydrogen-bond donors (Lipinski definition) is 0. The molecule has 0 N–H and O–H groups in total. The van der Waals surface area contributed by atoms with Gasteiger partial charge in [0.2, 0.25) is 0 Å². The number of fused-ring (bicyclic) bond motifs is 3. The number of esters is 1. The van der Waals surface area contributed by atoms with Gasteiger partial charge in [0.1, 0.15) is 6.61 Å². The molecule has 0 saturated carbocycles. The number of amides is 1. The fourth-order valence-electron chi connectivity index (χ4n) is 3.86. The Hall–Kier alpha value is -1.66. The number of carbonyl (C=O) groups is 2. The Labute approximate surface area is 165 Å². The van der Waals surface area contributed by atoms with E-state index in [1.807, 2.05) is 23.1 Å². The molecule has 4 nitrogen and oxygen atoms in total. The average molecular weight is 434 g/mol. The quantitative estimate of drug-likeness (QED) is 0.661. The van der Waals surface area contributed by atoms with E-state index in [0.29, 0.717) is 6.54 Å². The fraction of sp³-hybridized carbons (Fsp3) is 0.400. The number of thiophene rings is 1. The number of benzene rings is 1. The van der Waals surface area contributed by atoms with Crippen LogP contribution in [0.25, 0.3) is 0 Å². The van der Waals surface area contributed by atoms with E-state index in [9.17, 15) is 9.59 Å². The summed E-state index contributed by atoms with van der Waals surface area (Å²) in [5, 5.41) is 0. The molecule has 136 valence electrons. The lowest BCUT2D eigenvalue weighted by Gasteiger charge is -2.29. The monoisotopic (exact) mass is 433 g/mol. The van der Waals surface area contributed by atoms with Crippen molar-refractivity contribution in [3.63, 3.8) is 0 Å². The summed E-state index contributed by atoms with van der Waals surface area (Å²) in [6, 6.07) is 5.75. The zero-order chi connectivity index (χ0) is 18.3. The van der Waals surface area contributed by atoms with Gasteiger partial charge in [0.05, 0.1) is 10.6 Å². The summed E-state index contributed by atoms with van der Waals surface area (Å²) in [6.07, 6.45) is 5.57. The molecular weight excluding hydrogens is 414 g/mol. The lowest BCUT2D eigenvalue weighted by molar-refractivity contribution is -0.142. The van der Waals surface area contributed by atoms with Crippen LogP contribution >= 0.6 is 27.3 Å². The Morgan fingerprint density at radius 1 is 1.23 bits per heavy atom. The van der Waals surface area contributed by atoms with E-state index in [1.165, 1.54) is 35.8 Å². The van der Waals surface area contributed by atoms with E-state index in [4.69, 9.17) is 4.74 Å². The fourth-order valence-corrected chi connectivity index (χ4v) is 5.72. The number of ether oxygens (including phenoxy) is 1. The molecular formula is C20H20BrNO3S. The van der Waals surface area contributed by atoms with Gasteiger partial charge in [-0.15, -0.1) is 11.3 Å². The molecule has 4 rings (SSSR count). The number of nitrogens with zero attached hydrogens (tertiary/aromatic N) is 1. The molecule has 2 aromatic rings. The third-order valence-electron chi connectivity index (χ3n) is 5.11. The van der Waals surface area contributed by atoms with Crippen molar-refractivity contribution in [2.24, 2.45) is 0 Å². The SMILES string of the molecule is CC(=O)OCc1c(Br)cccc1N1CCc2c(sc3c2CCCC3)C1=O. The maximum atomic E-state index is 13.2. The van der Waals surface area contributed by atoms with E-state index in [2.05, 4.69) is 15.9 Å². The highest BCUT2D eigenvalue weighted by molar-refractivity contribution is 9.10. The van der Waals surface area contributed by atoms with Gasteiger partial charge in [0, 0.05) is 28.4 Å². The van der Waals surface area contributed by atoms with Gasteiger partial charge in [-0.3, -0.25) is 9.59 Å². The highest BCUT2D eigenvalue weighted by Gasteiger charge is 2.33. The van der Waals surface area contributed by atoms with Gasteiger partial charge in [-0.05, 0) is 55.4 Å². The third-order valence-corrected chi connectivity index (χ3v) is 7.18. The van der Waals surface area contributed by atoms with Crippen molar-refractivity contribution in [3.05, 3.63) is 49.1 Å². The number of halogens is 1. The second kappa shape index (κ2) is 7.16. The van der Waals surface area contributed by atoms with Crippen LogP contribution in [0.15, 0.2) is 22.7 Å². The first-order chi connectivity index (χ1) is 12.6. The molecule has 2 aliphatic rings. The number of hydrogen-bond acceptors (Lipinski definition) is 4. The molecule has 0 fully saturated rings. The number of carbonyl (C=O) groups excluding carboxylic acids is 2. The molecule has 0 unspecified atom stereocenters. The molecule has 1 aliphatic carbocycles. The third kappa shape index (κ3) is 3.09. The molecule has 0 spiro atoms. The molecule has 0 saturated heterocycles. The van der Waals surface area contributed by atoms with Gasteiger partial charge < -0.3 is 9.64 Å². The zero-order valence-electron chi connectivity index (χ0n) is 14.6. The maximum absolute atomic E-state index is 13.2. The highest BCUT2D eigenvalue weighted by Crippen LogP contribution is 2.39. The molecule has 0 atom stereocenters. The average Bonchev–Trinajstić information content (AvgIpc) is 3.01. The Kier molecular flexibility index (Phi) is 4.88. The summed E-state index contributed by atoms with van der Waals surface area (Å²) in [5.74, 6) is -0.252. The zero-order valence-corrected chi connectivity index (χ0v) is 17.0. The van der Waals surface area contributed by atoms with E-state index in [-0.39, 0.29) is 18.5 Å². The molecule has 1 amide bonds. The van der Waals surface area contributed by atoms with Crippen molar-refractivity contribution in [3.8, 4) is 0 Å². The number of rotatable bonds is 3. The van der Waals surface area contributed by atoms with E-state index in [1.54, 1.807) is 11.3 Å². The van der Waals surface area contributed by atoms with Crippen molar-refractivity contribution in [1.29, 1.82) is 0 Å². The summed E-state index contributed by atoms with van der Waals surface area (Å²) in [7, 11) is 0. The predicted octanol–water partition coefficient (Wildman–Crippen LogP) is 4.66. The summed E-state index contributed by atoms with van der Waals surface area (Å²) in [6.45, 7) is 2.22. The van der Waals surface area contributed by atoms with Crippen LogP contribution in [-0.2, 0) is 35.4 Å². The normalized spacial score (nSPS) is 16.2. The van der Waals surface area contributed by atoms with Crippen molar-refractivity contribution in [1.82, 2.24) is 0 Å². The van der Waals surface area contributed by atoms with Crippen LogP contribution in [0.4, 0.5) is 5.69 Å². The standard InChI is InChI=1S/C20H20BrNO3S/c1-12(23)25-11-15-16(21)6-4-7-17(15)22-10-9-14-13-5-2-3-8-18(13)26-19(14)20(22)24/h4,6-7H,2-3,5,8-11H2,1H3. The Morgan fingerprint density at radius 3 is 2.85 bits per heavy atom. The van der Waals surface area contributed by atoms with Gasteiger partial charge in [-0.1, -0.05) is 22.0 Å². The summed E-state index contributed by atoms with van der Waals surface area (Å²) >= 11 is 5.22. The molecule has 1 aromatic carbocycles. The van der Waals surface area contributed by atoms with Crippen molar-refractivity contribution in [2.75, 3.05) is 11.4 Å². The second-order valence-corrected chi connectivity index (χ2v) is 8.70. The van der Waals surface area contributed by atoms with Gasteiger partial charge in [-0.25, -0.2) is 0 Å². The lowest BCUT2D eigenvalue weighted by Crippen LogP contribution is -2.37. The first kappa shape index (κ1) is 17.7. The highest BCUT2D eigenvalue weighted by atomic mass is 79.9. The molecule has 2 heterocycles. The molecule has 1 aliphatic heterocycles. The van der Waals surface area contributed by atoms with Crippen molar-refractivity contribution in [2.45, 2.75) is 45.6 Å². The van der Waals surface area contributed by atoms with E-state index >= 15 is 0 Å². The largest absolute Gasteiger partial charge is 0.461 e. The van der Waals surface area contributed by atoms with Crippen LogP contribution in [0, 0.1) is 0 Å². The Bertz CT molecular complexity index is 889. The van der Waals surface area contributed by atoms with Crippen LogP contribution in [-0.4, -0.2) is 18.4 Å². The van der Waals surface area contributed by atoms with Crippen LogP contribution in [0.2, 0.25) is 0 Å². The van der Waals surface area contributed by atoms with E-state index < -0.39 is 0 Å². The lowest BCUT2D eigenvalue weighted by atomic mass is 9.92. The minimum Gasteiger partial charge on any atom is -0.461 e. The first-order valence-corrected chi connectivity index (χ1v) is 10.5. The van der Waals surface area contributed by atoms with Gasteiger partial charge in [0.25, 0.3) is 5.91 Å². The summed E-state index contributed by atoms with van der Waals surface area (Å²) in [4.78, 5) is 28.6. The maximum Gasteiger partial charge on any atom is 0.302 e. The van der Waals surface area contributed by atoms with Gasteiger partial charge in [0.15, 0.2) is 0 Å². The van der Waals surface area contributed by atoms with E-state index in [0.717, 1.165) is 39.9 Å². The second-order valence-electron chi connectivity index (χ2n) is 6.74. The van der Waals surface area contributed by atoms with Crippen LogP contribution in [0.1, 0.15) is 51.0 Å². The molecule has 0 radical (unpaired) electrons. The molecule has 1 aromatic heterocycles. The van der Waals surface area contributed by atoms with Gasteiger partial charge >= 0.3 is 5.97 Å². The first-order valence-electron chi connectivity index (χ1n) is 8.92. The van der Waals surface area contributed by atoms with Crippen molar-refractivity contribution < 1.29 is 14.3 Å².